The maximum Gasteiger partial charge on any atom is 0.321 e. The van der Waals surface area contributed by atoms with Crippen LogP contribution < -0.4 is 10.2 Å². The molecule has 0 aliphatic carbocycles. The van der Waals surface area contributed by atoms with E-state index >= 15 is 0 Å². The van der Waals surface area contributed by atoms with Gasteiger partial charge in [0.15, 0.2) is 0 Å². The molecule has 2 amide bonds. The van der Waals surface area contributed by atoms with E-state index in [-0.39, 0.29) is 6.03 Å². The minimum Gasteiger partial charge on any atom is -0.368 e. The Kier molecular flexibility index (Phi) is 7.34. The fraction of sp³-hybridized carbons (Fsp3) is 0.381. The fourth-order valence-electron chi connectivity index (χ4n) is 2.85. The second kappa shape index (κ2) is 9.48. The number of anilines is 1. The number of benzene rings is 1. The number of nitrogens with zero attached hydrogens (tertiary/aromatic N) is 2. The van der Waals surface area contributed by atoms with Crippen LogP contribution in [0.3, 0.4) is 0 Å². The highest BCUT2D eigenvalue weighted by atomic mass is 35.5. The van der Waals surface area contributed by atoms with E-state index in [0.29, 0.717) is 19.0 Å². The molecule has 2 rings (SSSR count). The Bertz CT molecular complexity index is 701. The average Bonchev–Trinajstić information content (AvgIpc) is 2.62. The van der Waals surface area contributed by atoms with Crippen molar-refractivity contribution in [2.24, 2.45) is 5.92 Å². The summed E-state index contributed by atoms with van der Waals surface area (Å²) in [7, 11) is 0. The highest BCUT2D eigenvalue weighted by Crippen LogP contribution is 2.20. The third-order valence-electron chi connectivity index (χ3n) is 4.47. The zero-order valence-corrected chi connectivity index (χ0v) is 16.6. The molecule has 1 saturated heterocycles. The molecule has 1 fully saturated rings. The smallest absolute Gasteiger partial charge is 0.321 e. The zero-order valence-electron chi connectivity index (χ0n) is 15.8. The Morgan fingerprint density at radius 3 is 2.50 bits per heavy atom. The van der Waals surface area contributed by atoms with E-state index in [2.05, 4.69) is 30.6 Å². The van der Waals surface area contributed by atoms with Gasteiger partial charge in [-0.25, -0.2) is 4.79 Å². The number of hydrogen-bond acceptors (Lipinski definition) is 2. The van der Waals surface area contributed by atoms with Crippen molar-refractivity contribution in [1.29, 1.82) is 0 Å². The molecule has 1 aliphatic heterocycles. The van der Waals surface area contributed by atoms with Gasteiger partial charge >= 0.3 is 6.03 Å². The van der Waals surface area contributed by atoms with Gasteiger partial charge in [0.25, 0.3) is 0 Å². The molecule has 0 unspecified atom stereocenters. The number of halogens is 1. The van der Waals surface area contributed by atoms with Crippen molar-refractivity contribution in [3.05, 3.63) is 65.4 Å². The maximum atomic E-state index is 12.4. The number of urea groups is 1. The van der Waals surface area contributed by atoms with Crippen LogP contribution >= 0.6 is 11.6 Å². The molecule has 0 aromatic heterocycles. The van der Waals surface area contributed by atoms with Crippen LogP contribution in [0.25, 0.3) is 0 Å². The molecule has 4 nitrogen and oxygen atoms in total. The van der Waals surface area contributed by atoms with Gasteiger partial charge < -0.3 is 15.1 Å². The van der Waals surface area contributed by atoms with Crippen molar-refractivity contribution >= 4 is 23.3 Å². The molecule has 1 heterocycles. The second-order valence-corrected chi connectivity index (χ2v) is 7.20. The molecule has 0 saturated carbocycles. The van der Waals surface area contributed by atoms with Gasteiger partial charge in [-0.2, -0.15) is 0 Å². The Balaban J connectivity index is 1.89. The molecule has 5 heteroatoms. The Labute approximate surface area is 161 Å². The first-order valence-electron chi connectivity index (χ1n) is 8.98. The van der Waals surface area contributed by atoms with Gasteiger partial charge in [0.05, 0.1) is 0 Å². The summed E-state index contributed by atoms with van der Waals surface area (Å²) in [6.45, 7) is 12.9. The first-order valence-corrected chi connectivity index (χ1v) is 9.36. The van der Waals surface area contributed by atoms with Crippen molar-refractivity contribution in [2.75, 3.05) is 31.1 Å². The van der Waals surface area contributed by atoms with Gasteiger partial charge in [-0.05, 0) is 42.7 Å². The van der Waals surface area contributed by atoms with E-state index in [0.717, 1.165) is 35.1 Å². The fourth-order valence-corrected chi connectivity index (χ4v) is 3.03. The Morgan fingerprint density at radius 1 is 1.23 bits per heavy atom. The molecule has 0 bridgehead atoms. The molecule has 1 N–H and O–H groups in total. The minimum absolute atomic E-state index is 0.0532. The number of hydrogen-bond donors (Lipinski definition) is 1. The monoisotopic (exact) mass is 373 g/mol. The van der Waals surface area contributed by atoms with Crippen LogP contribution in [0, 0.1) is 5.92 Å². The highest BCUT2D eigenvalue weighted by molar-refractivity contribution is 6.30. The van der Waals surface area contributed by atoms with Gasteiger partial charge in [-0.3, -0.25) is 0 Å². The summed E-state index contributed by atoms with van der Waals surface area (Å²) >= 11 is 6.06. The summed E-state index contributed by atoms with van der Waals surface area (Å²) in [5, 5.41) is 3.69. The molecule has 0 atom stereocenters. The molecule has 140 valence electrons. The van der Waals surface area contributed by atoms with E-state index < -0.39 is 0 Å². The summed E-state index contributed by atoms with van der Waals surface area (Å²) in [5.74, 6) is 0.409. The molecule has 26 heavy (non-hydrogen) atoms. The SMILES string of the molecule is C=C/C(=C\C=C(/C)NC(=O)N1CCN(c2cccc(Cl)c2)CC1)C(C)C. The normalized spacial score (nSPS) is 16.0. The molecular formula is C21H28ClN3O. The van der Waals surface area contributed by atoms with Gasteiger partial charge in [-0.15, -0.1) is 0 Å². The van der Waals surface area contributed by atoms with Gasteiger partial charge in [-0.1, -0.05) is 50.2 Å². The van der Waals surface area contributed by atoms with Crippen molar-refractivity contribution in [2.45, 2.75) is 20.8 Å². The molecule has 0 spiro atoms. The van der Waals surface area contributed by atoms with Crippen molar-refractivity contribution in [3.8, 4) is 0 Å². The maximum absolute atomic E-state index is 12.4. The van der Waals surface area contributed by atoms with Gasteiger partial charge in [0.2, 0.25) is 0 Å². The van der Waals surface area contributed by atoms with E-state index in [1.165, 1.54) is 0 Å². The number of carbonyl (C=O) groups is 1. The van der Waals surface area contributed by atoms with Crippen LogP contribution in [0.2, 0.25) is 5.02 Å². The van der Waals surface area contributed by atoms with Crippen LogP contribution in [0.1, 0.15) is 20.8 Å². The first kappa shape index (κ1) is 20.1. The van der Waals surface area contributed by atoms with Crippen LogP contribution in [-0.2, 0) is 0 Å². The second-order valence-electron chi connectivity index (χ2n) is 6.76. The van der Waals surface area contributed by atoms with Crippen LogP contribution in [0.4, 0.5) is 10.5 Å². The first-order chi connectivity index (χ1) is 12.4. The molecule has 1 aliphatic rings. The lowest BCUT2D eigenvalue weighted by molar-refractivity contribution is 0.197. The number of allylic oxidation sites excluding steroid dienone is 5. The summed E-state index contributed by atoms with van der Waals surface area (Å²) in [6, 6.07) is 7.78. The van der Waals surface area contributed by atoms with Crippen LogP contribution in [0.15, 0.2) is 60.3 Å². The molecule has 0 radical (unpaired) electrons. The Morgan fingerprint density at radius 2 is 1.92 bits per heavy atom. The zero-order chi connectivity index (χ0) is 19.1. The van der Waals surface area contributed by atoms with Gasteiger partial charge in [0, 0.05) is 42.6 Å². The summed E-state index contributed by atoms with van der Waals surface area (Å²) in [5.41, 5.74) is 3.07. The summed E-state index contributed by atoms with van der Waals surface area (Å²) in [6.07, 6.45) is 5.78. The highest BCUT2D eigenvalue weighted by Gasteiger charge is 2.21. The van der Waals surface area contributed by atoms with E-state index in [4.69, 9.17) is 11.6 Å². The minimum atomic E-state index is -0.0532. The third-order valence-corrected chi connectivity index (χ3v) is 4.71. The largest absolute Gasteiger partial charge is 0.368 e. The lowest BCUT2D eigenvalue weighted by atomic mass is 10.0. The third kappa shape index (κ3) is 5.67. The number of piperazine rings is 1. The summed E-state index contributed by atoms with van der Waals surface area (Å²) in [4.78, 5) is 16.5. The van der Waals surface area contributed by atoms with E-state index in [1.54, 1.807) is 0 Å². The number of amides is 2. The molecular weight excluding hydrogens is 346 g/mol. The van der Waals surface area contributed by atoms with Crippen molar-refractivity contribution in [1.82, 2.24) is 10.2 Å². The summed E-state index contributed by atoms with van der Waals surface area (Å²) < 4.78 is 0. The van der Waals surface area contributed by atoms with E-state index in [9.17, 15) is 4.79 Å². The number of nitrogens with one attached hydrogen (secondary N) is 1. The number of rotatable bonds is 5. The molecule has 1 aromatic rings. The van der Waals surface area contributed by atoms with Crippen LogP contribution in [-0.4, -0.2) is 37.1 Å². The van der Waals surface area contributed by atoms with Crippen molar-refractivity contribution in [3.63, 3.8) is 0 Å². The number of carbonyl (C=O) groups excluding carboxylic acids is 1. The van der Waals surface area contributed by atoms with Crippen molar-refractivity contribution < 1.29 is 4.79 Å². The van der Waals surface area contributed by atoms with Crippen LogP contribution in [0.5, 0.6) is 0 Å². The van der Waals surface area contributed by atoms with Gasteiger partial charge in [0.1, 0.15) is 0 Å². The lowest BCUT2D eigenvalue weighted by Gasteiger charge is -2.36. The standard InChI is InChI=1S/C21H28ClN3O/c1-5-18(16(2)3)10-9-17(4)23-21(26)25-13-11-24(12-14-25)20-8-6-7-19(22)15-20/h5-10,15-16H,1,11-14H2,2-4H3,(H,23,26)/b17-9+,18-10+. The quantitative estimate of drug-likeness (QED) is 0.749. The van der Waals surface area contributed by atoms with E-state index in [1.807, 2.05) is 54.3 Å². The lowest BCUT2D eigenvalue weighted by Crippen LogP contribution is -2.51. The molecule has 1 aromatic carbocycles. The predicted molar refractivity (Wildman–Crippen MR) is 111 cm³/mol. The predicted octanol–water partition coefficient (Wildman–Crippen LogP) is 4.84. The average molecular weight is 374 g/mol. The Hall–Kier alpha value is -2.20. The topological polar surface area (TPSA) is 35.6 Å².